The number of sulfone groups is 1. The second kappa shape index (κ2) is 2.95. The molecule has 11 heavy (non-hydrogen) atoms. The monoisotopic (exact) mass is 175 g/mol. The molecule has 0 bridgehead atoms. The van der Waals surface area contributed by atoms with Gasteiger partial charge in [-0.25, -0.2) is 8.42 Å². The minimum Gasteiger partial charge on any atom is -0.324 e. The molecule has 4 heteroatoms. The Bertz CT molecular complexity index is 245. The van der Waals surface area contributed by atoms with Crippen LogP contribution < -0.4 is 5.73 Å². The summed E-state index contributed by atoms with van der Waals surface area (Å²) in [4.78, 5) is 0. The van der Waals surface area contributed by atoms with Crippen molar-refractivity contribution in [3.05, 3.63) is 12.7 Å². The van der Waals surface area contributed by atoms with Crippen LogP contribution in [-0.2, 0) is 9.84 Å². The third kappa shape index (κ3) is 2.04. The van der Waals surface area contributed by atoms with Crippen LogP contribution in [0.1, 0.15) is 6.42 Å². The molecule has 0 aromatic heterocycles. The first-order valence-electron chi connectivity index (χ1n) is 3.64. The minimum atomic E-state index is -2.78. The Morgan fingerprint density at radius 1 is 1.64 bits per heavy atom. The Kier molecular flexibility index (Phi) is 2.34. The van der Waals surface area contributed by atoms with Gasteiger partial charge in [-0.05, 0) is 12.3 Å². The molecule has 1 saturated heterocycles. The van der Waals surface area contributed by atoms with Crippen LogP contribution in [0.3, 0.4) is 0 Å². The van der Waals surface area contributed by atoms with Crippen molar-refractivity contribution in [1.82, 2.24) is 0 Å². The van der Waals surface area contributed by atoms with Gasteiger partial charge >= 0.3 is 0 Å². The highest BCUT2D eigenvalue weighted by Crippen LogP contribution is 2.20. The van der Waals surface area contributed by atoms with Crippen molar-refractivity contribution in [1.29, 1.82) is 0 Å². The SMILES string of the molecule is C=CC(N)C1CCS(=O)(=O)C1. The van der Waals surface area contributed by atoms with Gasteiger partial charge in [-0.1, -0.05) is 6.08 Å². The summed E-state index contributed by atoms with van der Waals surface area (Å²) in [6, 6.07) is -0.160. The van der Waals surface area contributed by atoms with Gasteiger partial charge in [0.15, 0.2) is 9.84 Å². The van der Waals surface area contributed by atoms with Crippen LogP contribution >= 0.6 is 0 Å². The van der Waals surface area contributed by atoms with Gasteiger partial charge in [0.05, 0.1) is 11.5 Å². The molecule has 3 nitrogen and oxygen atoms in total. The summed E-state index contributed by atoms with van der Waals surface area (Å²) in [6.07, 6.45) is 2.31. The minimum absolute atomic E-state index is 0.0949. The summed E-state index contributed by atoms with van der Waals surface area (Å²) in [5, 5.41) is 0. The maximum atomic E-state index is 11.0. The van der Waals surface area contributed by atoms with Crippen LogP contribution in [0.5, 0.6) is 0 Å². The second-order valence-electron chi connectivity index (χ2n) is 2.98. The first-order valence-corrected chi connectivity index (χ1v) is 5.46. The highest BCUT2D eigenvalue weighted by Gasteiger charge is 2.30. The zero-order chi connectivity index (χ0) is 8.48. The van der Waals surface area contributed by atoms with Crippen LogP contribution in [-0.4, -0.2) is 26.0 Å². The molecular weight excluding hydrogens is 162 g/mol. The molecular formula is C7H13NO2S. The summed E-state index contributed by atoms with van der Waals surface area (Å²) in [5.41, 5.74) is 5.62. The lowest BCUT2D eigenvalue weighted by molar-refractivity contribution is 0.529. The van der Waals surface area contributed by atoms with Crippen molar-refractivity contribution in [2.24, 2.45) is 11.7 Å². The van der Waals surface area contributed by atoms with Crippen molar-refractivity contribution in [3.8, 4) is 0 Å². The third-order valence-electron chi connectivity index (χ3n) is 2.08. The average molecular weight is 175 g/mol. The highest BCUT2D eigenvalue weighted by atomic mass is 32.2. The zero-order valence-electron chi connectivity index (χ0n) is 6.36. The lowest BCUT2D eigenvalue weighted by Gasteiger charge is -2.11. The van der Waals surface area contributed by atoms with E-state index in [1.165, 1.54) is 0 Å². The standard InChI is InChI=1S/C7H13NO2S/c1-2-7(8)6-3-4-11(9,10)5-6/h2,6-7H,1,3-5,8H2. The van der Waals surface area contributed by atoms with Crippen molar-refractivity contribution >= 4 is 9.84 Å². The molecule has 1 rings (SSSR count). The molecule has 1 heterocycles. The normalized spacial score (nSPS) is 31.5. The number of hydrogen-bond acceptors (Lipinski definition) is 3. The molecule has 2 N–H and O–H groups in total. The second-order valence-corrected chi connectivity index (χ2v) is 5.20. The Labute approximate surface area is 67.2 Å². The van der Waals surface area contributed by atoms with Crippen LogP contribution in [0.2, 0.25) is 0 Å². The topological polar surface area (TPSA) is 60.2 Å². The van der Waals surface area contributed by atoms with Crippen LogP contribution in [0.4, 0.5) is 0 Å². The van der Waals surface area contributed by atoms with Crippen molar-refractivity contribution in [2.45, 2.75) is 12.5 Å². The van der Waals surface area contributed by atoms with E-state index in [1.807, 2.05) is 0 Å². The summed E-state index contributed by atoms with van der Waals surface area (Å²) >= 11 is 0. The fraction of sp³-hybridized carbons (Fsp3) is 0.714. The van der Waals surface area contributed by atoms with E-state index in [9.17, 15) is 8.42 Å². The highest BCUT2D eigenvalue weighted by molar-refractivity contribution is 7.91. The number of nitrogens with two attached hydrogens (primary N) is 1. The van der Waals surface area contributed by atoms with E-state index in [1.54, 1.807) is 6.08 Å². The number of hydrogen-bond donors (Lipinski definition) is 1. The molecule has 2 atom stereocenters. The smallest absolute Gasteiger partial charge is 0.150 e. The molecule has 0 amide bonds. The molecule has 64 valence electrons. The molecule has 0 saturated carbocycles. The Morgan fingerprint density at radius 3 is 2.64 bits per heavy atom. The van der Waals surface area contributed by atoms with Gasteiger partial charge < -0.3 is 5.73 Å². The fourth-order valence-electron chi connectivity index (χ4n) is 1.32. The Hall–Kier alpha value is -0.350. The van der Waals surface area contributed by atoms with Gasteiger partial charge in [-0.2, -0.15) is 0 Å². The molecule has 0 radical (unpaired) electrons. The predicted octanol–water partition coefficient (Wildman–Crippen LogP) is -0.0656. The van der Waals surface area contributed by atoms with Crippen LogP contribution in [0.15, 0.2) is 12.7 Å². The van der Waals surface area contributed by atoms with Gasteiger partial charge in [0.25, 0.3) is 0 Å². The van der Waals surface area contributed by atoms with Gasteiger partial charge in [0.1, 0.15) is 0 Å². The molecule has 1 aliphatic heterocycles. The van der Waals surface area contributed by atoms with Crippen molar-refractivity contribution in [2.75, 3.05) is 11.5 Å². The van der Waals surface area contributed by atoms with E-state index >= 15 is 0 Å². The number of rotatable bonds is 2. The maximum absolute atomic E-state index is 11.0. The van der Waals surface area contributed by atoms with E-state index in [4.69, 9.17) is 5.73 Å². The van der Waals surface area contributed by atoms with Gasteiger partial charge in [-0.15, -0.1) is 6.58 Å². The molecule has 0 aromatic carbocycles. The maximum Gasteiger partial charge on any atom is 0.150 e. The Balaban J connectivity index is 2.61. The molecule has 0 aromatic rings. The molecule has 2 unspecified atom stereocenters. The van der Waals surface area contributed by atoms with E-state index in [-0.39, 0.29) is 17.7 Å². The van der Waals surface area contributed by atoms with Crippen molar-refractivity contribution in [3.63, 3.8) is 0 Å². The Morgan fingerprint density at radius 2 is 2.27 bits per heavy atom. The first kappa shape index (κ1) is 8.74. The molecule has 0 spiro atoms. The molecule has 1 fully saturated rings. The van der Waals surface area contributed by atoms with Crippen molar-refractivity contribution < 1.29 is 8.42 Å². The van der Waals surface area contributed by atoms with E-state index in [0.29, 0.717) is 12.2 Å². The van der Waals surface area contributed by atoms with E-state index < -0.39 is 9.84 Å². The predicted molar refractivity (Wildman–Crippen MR) is 44.9 cm³/mol. The third-order valence-corrected chi connectivity index (χ3v) is 3.88. The first-order chi connectivity index (χ1) is 5.05. The largest absolute Gasteiger partial charge is 0.324 e. The van der Waals surface area contributed by atoms with Gasteiger partial charge in [-0.3, -0.25) is 0 Å². The lowest BCUT2D eigenvalue weighted by Crippen LogP contribution is -2.28. The molecule has 0 aliphatic carbocycles. The fourth-order valence-corrected chi connectivity index (χ4v) is 3.19. The molecule has 1 aliphatic rings. The zero-order valence-corrected chi connectivity index (χ0v) is 7.18. The van der Waals surface area contributed by atoms with E-state index in [2.05, 4.69) is 6.58 Å². The summed E-state index contributed by atoms with van der Waals surface area (Å²) < 4.78 is 21.9. The van der Waals surface area contributed by atoms with Crippen LogP contribution in [0.25, 0.3) is 0 Å². The quantitative estimate of drug-likeness (QED) is 0.598. The average Bonchev–Trinajstić information content (AvgIpc) is 2.29. The van der Waals surface area contributed by atoms with E-state index in [0.717, 1.165) is 0 Å². The summed E-state index contributed by atoms with van der Waals surface area (Å²) in [7, 11) is -2.78. The summed E-state index contributed by atoms with van der Waals surface area (Å²) in [5.74, 6) is 0.622. The summed E-state index contributed by atoms with van der Waals surface area (Å²) in [6.45, 7) is 3.53. The van der Waals surface area contributed by atoms with Gasteiger partial charge in [0.2, 0.25) is 0 Å². The van der Waals surface area contributed by atoms with Gasteiger partial charge in [0, 0.05) is 6.04 Å². The van der Waals surface area contributed by atoms with Crippen LogP contribution in [0, 0.1) is 5.92 Å². The lowest BCUT2D eigenvalue weighted by atomic mass is 10.0.